The number of hydrogen-bond donors (Lipinski definition) is 0. The van der Waals surface area contributed by atoms with E-state index in [0.717, 1.165) is 25.8 Å². The van der Waals surface area contributed by atoms with Crippen molar-refractivity contribution in [3.05, 3.63) is 62.0 Å². The van der Waals surface area contributed by atoms with Gasteiger partial charge in [-0.25, -0.2) is 4.79 Å². The average Bonchev–Trinajstić information content (AvgIpc) is 2.48. The number of halogens is 2. The number of aryl methyl sites for hydroxylation is 1. The van der Waals surface area contributed by atoms with E-state index in [-0.39, 0.29) is 5.97 Å². The van der Waals surface area contributed by atoms with Gasteiger partial charge in [-0.15, -0.1) is 0 Å². The van der Waals surface area contributed by atoms with Gasteiger partial charge in [0.05, 0.1) is 12.7 Å². The van der Waals surface area contributed by atoms with Gasteiger partial charge in [-0.05, 0) is 36.8 Å². The molecule has 21 heavy (non-hydrogen) atoms. The lowest BCUT2D eigenvalue weighted by Gasteiger charge is -2.11. The molecule has 0 N–H and O–H groups in total. The van der Waals surface area contributed by atoms with E-state index in [1.54, 1.807) is 12.1 Å². The summed E-state index contributed by atoms with van der Waals surface area (Å²) in [5, 5.41) is 0. The molecule has 0 radical (unpaired) electrons. The molecule has 0 amide bonds. The quantitative estimate of drug-likeness (QED) is 0.669. The number of rotatable bonds is 4. The molecule has 3 nitrogen and oxygen atoms in total. The van der Waals surface area contributed by atoms with Crippen LogP contribution in [0.5, 0.6) is 5.75 Å². The lowest BCUT2D eigenvalue weighted by Crippen LogP contribution is -2.03. The van der Waals surface area contributed by atoms with Crippen LogP contribution in [0, 0.1) is 6.92 Å². The van der Waals surface area contributed by atoms with E-state index in [0.29, 0.717) is 12.2 Å². The zero-order valence-electron chi connectivity index (χ0n) is 11.7. The fourth-order valence-corrected chi connectivity index (χ4v) is 2.63. The second kappa shape index (κ2) is 7.09. The number of methoxy groups -OCH3 is 1. The maximum absolute atomic E-state index is 11.5. The molecular weight excluding hydrogens is 400 g/mol. The predicted octanol–water partition coefficient (Wildman–Crippen LogP) is 4.89. The van der Waals surface area contributed by atoms with Crippen LogP contribution in [0.2, 0.25) is 0 Å². The Hall–Kier alpha value is -1.33. The Kier molecular flexibility index (Phi) is 5.42. The van der Waals surface area contributed by atoms with E-state index in [1.807, 2.05) is 31.2 Å². The molecule has 110 valence electrons. The Morgan fingerprint density at radius 1 is 1.14 bits per heavy atom. The SMILES string of the molecule is COC(=O)c1ccc(COc2cc(Br)ccc2C)c(Br)c1. The third-order valence-corrected chi connectivity index (χ3v) is 4.24. The number of benzene rings is 2. The van der Waals surface area contributed by atoms with E-state index in [1.165, 1.54) is 7.11 Å². The normalized spacial score (nSPS) is 10.3. The Labute approximate surface area is 140 Å². The second-order valence-corrected chi connectivity index (χ2v) is 6.27. The van der Waals surface area contributed by atoms with Crippen LogP contribution in [-0.4, -0.2) is 13.1 Å². The molecule has 0 saturated carbocycles. The minimum atomic E-state index is -0.356. The fraction of sp³-hybridized carbons (Fsp3) is 0.188. The van der Waals surface area contributed by atoms with Gasteiger partial charge in [0.15, 0.2) is 0 Å². The number of hydrogen-bond acceptors (Lipinski definition) is 3. The molecule has 2 aromatic carbocycles. The molecule has 0 aliphatic heterocycles. The third-order valence-electron chi connectivity index (χ3n) is 3.01. The zero-order valence-corrected chi connectivity index (χ0v) is 14.8. The van der Waals surface area contributed by atoms with Crippen LogP contribution in [0.25, 0.3) is 0 Å². The standard InChI is InChI=1S/C16H14Br2O3/c1-10-3-6-13(17)8-15(10)21-9-12-5-4-11(7-14(12)18)16(19)20-2/h3-8H,9H2,1-2H3. The first-order valence-electron chi connectivity index (χ1n) is 6.27. The Bertz CT molecular complexity index is 669. The van der Waals surface area contributed by atoms with Crippen molar-refractivity contribution < 1.29 is 14.3 Å². The number of carbonyl (C=O) groups excluding carboxylic acids is 1. The summed E-state index contributed by atoms with van der Waals surface area (Å²) in [7, 11) is 1.36. The van der Waals surface area contributed by atoms with Crippen molar-refractivity contribution in [1.82, 2.24) is 0 Å². The van der Waals surface area contributed by atoms with Gasteiger partial charge in [0.2, 0.25) is 0 Å². The Morgan fingerprint density at radius 2 is 1.90 bits per heavy atom. The summed E-state index contributed by atoms with van der Waals surface area (Å²) in [6.45, 7) is 2.41. The van der Waals surface area contributed by atoms with Gasteiger partial charge in [-0.2, -0.15) is 0 Å². The molecule has 0 atom stereocenters. The van der Waals surface area contributed by atoms with Crippen molar-refractivity contribution in [2.75, 3.05) is 7.11 Å². The van der Waals surface area contributed by atoms with Crippen molar-refractivity contribution in [2.45, 2.75) is 13.5 Å². The topological polar surface area (TPSA) is 35.5 Å². The Balaban J connectivity index is 2.13. The molecule has 2 aromatic rings. The summed E-state index contributed by atoms with van der Waals surface area (Å²) in [6, 6.07) is 11.2. The highest BCUT2D eigenvalue weighted by molar-refractivity contribution is 9.10. The van der Waals surface area contributed by atoms with Crippen LogP contribution >= 0.6 is 31.9 Å². The van der Waals surface area contributed by atoms with Gasteiger partial charge in [-0.1, -0.05) is 44.0 Å². The summed E-state index contributed by atoms with van der Waals surface area (Å²) in [5.74, 6) is 0.472. The highest BCUT2D eigenvalue weighted by Crippen LogP contribution is 2.26. The molecular formula is C16H14Br2O3. The van der Waals surface area contributed by atoms with Crippen molar-refractivity contribution in [2.24, 2.45) is 0 Å². The summed E-state index contributed by atoms with van der Waals surface area (Å²) in [5.41, 5.74) is 2.54. The van der Waals surface area contributed by atoms with Gasteiger partial charge in [0, 0.05) is 14.5 Å². The highest BCUT2D eigenvalue weighted by atomic mass is 79.9. The third kappa shape index (κ3) is 4.08. The number of ether oxygens (including phenoxy) is 2. The molecule has 0 fully saturated rings. The lowest BCUT2D eigenvalue weighted by molar-refractivity contribution is 0.0600. The van der Waals surface area contributed by atoms with Crippen molar-refractivity contribution in [3.8, 4) is 5.75 Å². The predicted molar refractivity (Wildman–Crippen MR) is 88.7 cm³/mol. The average molecular weight is 414 g/mol. The molecule has 2 rings (SSSR count). The molecule has 0 bridgehead atoms. The summed E-state index contributed by atoms with van der Waals surface area (Å²) in [4.78, 5) is 11.5. The monoisotopic (exact) mass is 412 g/mol. The van der Waals surface area contributed by atoms with E-state index >= 15 is 0 Å². The molecule has 0 heterocycles. The minimum absolute atomic E-state index is 0.356. The smallest absolute Gasteiger partial charge is 0.337 e. The molecule has 0 spiro atoms. The van der Waals surface area contributed by atoms with Gasteiger partial charge in [-0.3, -0.25) is 0 Å². The van der Waals surface area contributed by atoms with E-state index in [4.69, 9.17) is 9.47 Å². The van der Waals surface area contributed by atoms with E-state index in [2.05, 4.69) is 31.9 Å². The minimum Gasteiger partial charge on any atom is -0.489 e. The van der Waals surface area contributed by atoms with Gasteiger partial charge >= 0.3 is 5.97 Å². The number of carbonyl (C=O) groups is 1. The van der Waals surface area contributed by atoms with Gasteiger partial charge in [0.1, 0.15) is 12.4 Å². The van der Waals surface area contributed by atoms with Crippen LogP contribution in [-0.2, 0) is 11.3 Å². The molecule has 5 heteroatoms. The Morgan fingerprint density at radius 3 is 2.57 bits per heavy atom. The number of esters is 1. The summed E-state index contributed by atoms with van der Waals surface area (Å²) in [6.07, 6.45) is 0. The zero-order chi connectivity index (χ0) is 15.4. The molecule has 0 unspecified atom stereocenters. The highest BCUT2D eigenvalue weighted by Gasteiger charge is 2.09. The van der Waals surface area contributed by atoms with Crippen molar-refractivity contribution in [1.29, 1.82) is 0 Å². The first-order valence-corrected chi connectivity index (χ1v) is 7.85. The molecule has 0 aliphatic carbocycles. The van der Waals surface area contributed by atoms with Crippen LogP contribution < -0.4 is 4.74 Å². The largest absolute Gasteiger partial charge is 0.489 e. The summed E-state index contributed by atoms with van der Waals surface area (Å²) >= 11 is 6.88. The lowest BCUT2D eigenvalue weighted by atomic mass is 10.1. The first-order chi connectivity index (χ1) is 10.0. The van der Waals surface area contributed by atoms with Crippen molar-refractivity contribution in [3.63, 3.8) is 0 Å². The summed E-state index contributed by atoms with van der Waals surface area (Å²) < 4.78 is 12.3. The molecule has 0 aromatic heterocycles. The van der Waals surface area contributed by atoms with Crippen LogP contribution in [0.3, 0.4) is 0 Å². The fourth-order valence-electron chi connectivity index (χ4n) is 1.79. The maximum atomic E-state index is 11.5. The van der Waals surface area contributed by atoms with Crippen LogP contribution in [0.4, 0.5) is 0 Å². The van der Waals surface area contributed by atoms with Crippen LogP contribution in [0.1, 0.15) is 21.5 Å². The second-order valence-electron chi connectivity index (χ2n) is 4.50. The maximum Gasteiger partial charge on any atom is 0.337 e. The van der Waals surface area contributed by atoms with E-state index < -0.39 is 0 Å². The van der Waals surface area contributed by atoms with E-state index in [9.17, 15) is 4.79 Å². The van der Waals surface area contributed by atoms with Crippen molar-refractivity contribution >= 4 is 37.8 Å². The van der Waals surface area contributed by atoms with Crippen LogP contribution in [0.15, 0.2) is 45.3 Å². The van der Waals surface area contributed by atoms with Gasteiger partial charge < -0.3 is 9.47 Å². The first kappa shape index (κ1) is 16.0. The van der Waals surface area contributed by atoms with Gasteiger partial charge in [0.25, 0.3) is 0 Å². The molecule has 0 aliphatic rings. The molecule has 0 saturated heterocycles.